The highest BCUT2D eigenvalue weighted by Crippen LogP contribution is 2.25. The maximum atomic E-state index is 5.49. The van der Waals surface area contributed by atoms with Crippen molar-refractivity contribution in [3.8, 4) is 5.75 Å². The van der Waals surface area contributed by atoms with Crippen molar-refractivity contribution in [1.82, 2.24) is 10.2 Å². The van der Waals surface area contributed by atoms with E-state index in [1.54, 1.807) is 7.11 Å². The van der Waals surface area contributed by atoms with Crippen molar-refractivity contribution in [2.75, 3.05) is 20.2 Å². The van der Waals surface area contributed by atoms with Crippen LogP contribution in [0.25, 0.3) is 0 Å². The molecule has 2 unspecified atom stereocenters. The van der Waals surface area contributed by atoms with Crippen LogP contribution in [0.1, 0.15) is 32.3 Å². The number of methoxy groups -OCH3 is 1. The van der Waals surface area contributed by atoms with Gasteiger partial charge in [0, 0.05) is 41.8 Å². The van der Waals surface area contributed by atoms with Crippen molar-refractivity contribution >= 4 is 15.9 Å². The van der Waals surface area contributed by atoms with Crippen LogP contribution in [0, 0.1) is 0 Å². The molecule has 0 aromatic heterocycles. The molecule has 1 N–H and O–H groups in total. The summed E-state index contributed by atoms with van der Waals surface area (Å²) < 4.78 is 6.60. The normalized spacial score (nSPS) is 23.8. The molecule has 4 heteroatoms. The van der Waals surface area contributed by atoms with Gasteiger partial charge in [0.15, 0.2) is 0 Å². The lowest BCUT2D eigenvalue weighted by molar-refractivity contribution is 0.128. The van der Waals surface area contributed by atoms with Crippen LogP contribution >= 0.6 is 15.9 Å². The van der Waals surface area contributed by atoms with Gasteiger partial charge in [0.2, 0.25) is 0 Å². The topological polar surface area (TPSA) is 24.5 Å². The molecule has 1 aliphatic heterocycles. The molecule has 0 saturated carbocycles. The molecule has 0 spiro atoms. The lowest BCUT2D eigenvalue weighted by Gasteiger charge is -2.39. The standard InChI is InChI=1S/C16H25BrN2O/c1-4-5-15-11-19(12(2)9-18-15)10-13-8-14(17)6-7-16(13)20-3/h6-8,12,15,18H,4-5,9-11H2,1-3H3. The first-order valence-corrected chi connectivity index (χ1v) is 8.23. The Balaban J connectivity index is 2.09. The largest absolute Gasteiger partial charge is 0.496 e. The lowest BCUT2D eigenvalue weighted by atomic mass is 10.0. The number of rotatable bonds is 5. The molecule has 0 aliphatic carbocycles. The third kappa shape index (κ3) is 3.96. The third-order valence-corrected chi connectivity index (χ3v) is 4.53. The SMILES string of the molecule is CCCC1CN(Cc2cc(Br)ccc2OC)C(C)CN1. The first-order chi connectivity index (χ1) is 9.63. The predicted molar refractivity (Wildman–Crippen MR) is 87.3 cm³/mol. The third-order valence-electron chi connectivity index (χ3n) is 4.03. The van der Waals surface area contributed by atoms with Crippen LogP contribution in [-0.2, 0) is 6.54 Å². The van der Waals surface area contributed by atoms with Crippen LogP contribution in [-0.4, -0.2) is 37.2 Å². The average Bonchev–Trinajstić information content (AvgIpc) is 2.43. The molecule has 1 saturated heterocycles. The molecule has 0 bridgehead atoms. The van der Waals surface area contributed by atoms with E-state index in [0.29, 0.717) is 12.1 Å². The molecule has 2 rings (SSSR count). The van der Waals surface area contributed by atoms with Crippen molar-refractivity contribution in [3.63, 3.8) is 0 Å². The molecule has 1 aromatic carbocycles. The van der Waals surface area contributed by atoms with Crippen molar-refractivity contribution in [2.24, 2.45) is 0 Å². The number of ether oxygens (including phenoxy) is 1. The van der Waals surface area contributed by atoms with E-state index in [1.165, 1.54) is 18.4 Å². The zero-order valence-corrected chi connectivity index (χ0v) is 14.2. The highest BCUT2D eigenvalue weighted by molar-refractivity contribution is 9.10. The summed E-state index contributed by atoms with van der Waals surface area (Å²) in [4.78, 5) is 2.56. The summed E-state index contributed by atoms with van der Waals surface area (Å²) in [6.07, 6.45) is 2.49. The van der Waals surface area contributed by atoms with E-state index in [1.807, 2.05) is 12.1 Å². The smallest absolute Gasteiger partial charge is 0.123 e. The van der Waals surface area contributed by atoms with Crippen molar-refractivity contribution in [1.29, 1.82) is 0 Å². The molecule has 0 radical (unpaired) electrons. The Hall–Kier alpha value is -0.580. The Kier molecular flexibility index (Phi) is 5.87. The minimum Gasteiger partial charge on any atom is -0.496 e. The Labute approximate surface area is 130 Å². The minimum atomic E-state index is 0.562. The fourth-order valence-corrected chi connectivity index (χ4v) is 3.25. The summed E-state index contributed by atoms with van der Waals surface area (Å²) >= 11 is 3.56. The molecule has 2 atom stereocenters. The zero-order valence-electron chi connectivity index (χ0n) is 12.7. The van der Waals surface area contributed by atoms with Gasteiger partial charge >= 0.3 is 0 Å². The highest BCUT2D eigenvalue weighted by Gasteiger charge is 2.25. The second-order valence-electron chi connectivity index (χ2n) is 5.63. The van der Waals surface area contributed by atoms with Crippen LogP contribution in [0.3, 0.4) is 0 Å². The quantitative estimate of drug-likeness (QED) is 0.888. The summed E-state index contributed by atoms with van der Waals surface area (Å²) in [5.41, 5.74) is 1.26. The van der Waals surface area contributed by atoms with Gasteiger partial charge < -0.3 is 10.1 Å². The maximum Gasteiger partial charge on any atom is 0.123 e. The van der Waals surface area contributed by atoms with Gasteiger partial charge in [0.1, 0.15) is 5.75 Å². The van der Waals surface area contributed by atoms with Gasteiger partial charge in [-0.15, -0.1) is 0 Å². The fourth-order valence-electron chi connectivity index (χ4n) is 2.85. The molecular weight excluding hydrogens is 316 g/mol. The number of hydrogen-bond acceptors (Lipinski definition) is 3. The monoisotopic (exact) mass is 340 g/mol. The van der Waals surface area contributed by atoms with Gasteiger partial charge in [0.05, 0.1) is 7.11 Å². The lowest BCUT2D eigenvalue weighted by Crippen LogP contribution is -2.54. The molecule has 1 heterocycles. The van der Waals surface area contributed by atoms with Gasteiger partial charge in [-0.2, -0.15) is 0 Å². The Morgan fingerprint density at radius 3 is 2.95 bits per heavy atom. The minimum absolute atomic E-state index is 0.562. The molecule has 1 aliphatic rings. The predicted octanol–water partition coefficient (Wildman–Crippen LogP) is 3.42. The molecule has 3 nitrogen and oxygen atoms in total. The van der Waals surface area contributed by atoms with Crippen LogP contribution in [0.5, 0.6) is 5.75 Å². The van der Waals surface area contributed by atoms with Gasteiger partial charge in [0.25, 0.3) is 0 Å². The van der Waals surface area contributed by atoms with E-state index >= 15 is 0 Å². The Morgan fingerprint density at radius 1 is 1.45 bits per heavy atom. The molecule has 112 valence electrons. The molecule has 20 heavy (non-hydrogen) atoms. The van der Waals surface area contributed by atoms with E-state index in [-0.39, 0.29) is 0 Å². The van der Waals surface area contributed by atoms with Gasteiger partial charge in [-0.25, -0.2) is 0 Å². The second-order valence-corrected chi connectivity index (χ2v) is 6.54. The molecular formula is C16H25BrN2O. The second kappa shape index (κ2) is 7.43. The van der Waals surface area contributed by atoms with E-state index in [4.69, 9.17) is 4.74 Å². The first kappa shape index (κ1) is 15.8. The van der Waals surface area contributed by atoms with E-state index in [0.717, 1.165) is 29.9 Å². The van der Waals surface area contributed by atoms with E-state index in [2.05, 4.69) is 46.1 Å². The fraction of sp³-hybridized carbons (Fsp3) is 0.625. The van der Waals surface area contributed by atoms with Crippen molar-refractivity contribution in [2.45, 2.75) is 45.3 Å². The van der Waals surface area contributed by atoms with E-state index < -0.39 is 0 Å². The van der Waals surface area contributed by atoms with Crippen LogP contribution < -0.4 is 10.1 Å². The van der Waals surface area contributed by atoms with Crippen LogP contribution in [0.2, 0.25) is 0 Å². The summed E-state index contributed by atoms with van der Waals surface area (Å²) in [5.74, 6) is 0.978. The van der Waals surface area contributed by atoms with Gasteiger partial charge in [-0.3, -0.25) is 4.90 Å². The van der Waals surface area contributed by atoms with Crippen molar-refractivity contribution in [3.05, 3.63) is 28.2 Å². The molecule has 1 aromatic rings. The summed E-state index contributed by atoms with van der Waals surface area (Å²) in [7, 11) is 1.74. The highest BCUT2D eigenvalue weighted by atomic mass is 79.9. The molecule has 1 fully saturated rings. The van der Waals surface area contributed by atoms with Gasteiger partial charge in [-0.05, 0) is 31.5 Å². The number of benzene rings is 1. The maximum absolute atomic E-state index is 5.49. The number of nitrogens with one attached hydrogen (secondary N) is 1. The Morgan fingerprint density at radius 2 is 2.25 bits per heavy atom. The van der Waals surface area contributed by atoms with Gasteiger partial charge in [-0.1, -0.05) is 29.3 Å². The first-order valence-electron chi connectivity index (χ1n) is 7.44. The summed E-state index contributed by atoms with van der Waals surface area (Å²) in [6.45, 7) is 7.68. The van der Waals surface area contributed by atoms with Crippen LogP contribution in [0.4, 0.5) is 0 Å². The number of piperazine rings is 1. The summed E-state index contributed by atoms with van der Waals surface area (Å²) in [5, 5.41) is 3.64. The van der Waals surface area contributed by atoms with Crippen molar-refractivity contribution < 1.29 is 4.74 Å². The zero-order chi connectivity index (χ0) is 14.5. The Bertz CT molecular complexity index is 438. The molecule has 0 amide bonds. The average molecular weight is 341 g/mol. The van der Waals surface area contributed by atoms with Crippen LogP contribution in [0.15, 0.2) is 22.7 Å². The number of halogens is 1. The summed E-state index contributed by atoms with van der Waals surface area (Å²) in [6, 6.07) is 7.42. The van der Waals surface area contributed by atoms with E-state index in [9.17, 15) is 0 Å². The number of hydrogen-bond donors (Lipinski definition) is 1. The number of nitrogens with zero attached hydrogens (tertiary/aromatic N) is 1.